The number of para-hydroxylation sites is 1. The maximum atomic E-state index is 12.1. The standard InChI is InChI=1S/C25H24N4OS/c1-28(2)24(30)21-15-13-20(14-16-21)18-31-25-27-26-23(17-19-9-5-3-6-10-19)29(25)22-11-7-4-8-12-22/h3-16H,17-18H2,1-2H3. The third-order valence-corrected chi connectivity index (χ3v) is 5.89. The zero-order valence-corrected chi connectivity index (χ0v) is 18.4. The van der Waals surface area contributed by atoms with Crippen molar-refractivity contribution in [2.24, 2.45) is 0 Å². The quantitative estimate of drug-likeness (QED) is 0.395. The molecule has 0 radical (unpaired) electrons. The van der Waals surface area contributed by atoms with Crippen molar-refractivity contribution in [3.8, 4) is 5.69 Å². The van der Waals surface area contributed by atoms with Gasteiger partial charge in [-0.3, -0.25) is 9.36 Å². The molecule has 3 aromatic carbocycles. The van der Waals surface area contributed by atoms with Gasteiger partial charge in [-0.2, -0.15) is 0 Å². The van der Waals surface area contributed by atoms with Crippen LogP contribution in [0.4, 0.5) is 0 Å². The third-order valence-electron chi connectivity index (χ3n) is 4.89. The lowest BCUT2D eigenvalue weighted by Gasteiger charge is -2.11. The number of rotatable bonds is 7. The van der Waals surface area contributed by atoms with Crippen LogP contribution in [0.2, 0.25) is 0 Å². The van der Waals surface area contributed by atoms with Crippen molar-refractivity contribution in [1.82, 2.24) is 19.7 Å². The summed E-state index contributed by atoms with van der Waals surface area (Å²) in [4.78, 5) is 13.7. The highest BCUT2D eigenvalue weighted by atomic mass is 32.2. The van der Waals surface area contributed by atoms with E-state index in [0.29, 0.717) is 12.0 Å². The van der Waals surface area contributed by atoms with E-state index in [1.165, 1.54) is 5.56 Å². The van der Waals surface area contributed by atoms with Crippen LogP contribution < -0.4 is 0 Å². The number of aromatic nitrogens is 3. The van der Waals surface area contributed by atoms with Crippen LogP contribution in [0.15, 0.2) is 90.1 Å². The first kappa shape index (κ1) is 20.9. The average Bonchev–Trinajstić information content (AvgIpc) is 3.21. The smallest absolute Gasteiger partial charge is 0.253 e. The van der Waals surface area contributed by atoms with E-state index < -0.39 is 0 Å². The molecule has 0 unspecified atom stereocenters. The number of carbonyl (C=O) groups excluding carboxylic acids is 1. The minimum atomic E-state index is 0.00794. The summed E-state index contributed by atoms with van der Waals surface area (Å²) in [5.74, 6) is 1.66. The van der Waals surface area contributed by atoms with Gasteiger partial charge in [0.05, 0.1) is 0 Å². The zero-order valence-electron chi connectivity index (χ0n) is 17.6. The molecule has 31 heavy (non-hydrogen) atoms. The van der Waals surface area contributed by atoms with Crippen molar-refractivity contribution in [2.45, 2.75) is 17.3 Å². The zero-order chi connectivity index (χ0) is 21.6. The molecule has 1 aromatic heterocycles. The van der Waals surface area contributed by atoms with E-state index in [-0.39, 0.29) is 5.91 Å². The minimum absolute atomic E-state index is 0.00794. The summed E-state index contributed by atoms with van der Waals surface area (Å²) >= 11 is 1.64. The fraction of sp³-hybridized carbons (Fsp3) is 0.160. The molecule has 0 atom stereocenters. The highest BCUT2D eigenvalue weighted by Gasteiger charge is 2.15. The van der Waals surface area contributed by atoms with Gasteiger partial charge in [0.2, 0.25) is 0 Å². The van der Waals surface area contributed by atoms with Gasteiger partial charge in [-0.25, -0.2) is 0 Å². The topological polar surface area (TPSA) is 51.0 Å². The molecule has 0 spiro atoms. The van der Waals surface area contributed by atoms with Gasteiger partial charge in [0.1, 0.15) is 5.82 Å². The molecule has 0 aliphatic rings. The third kappa shape index (κ3) is 5.03. The molecular formula is C25H24N4OS. The number of hydrogen-bond acceptors (Lipinski definition) is 4. The van der Waals surface area contributed by atoms with Gasteiger partial charge in [0.25, 0.3) is 5.91 Å². The van der Waals surface area contributed by atoms with Crippen molar-refractivity contribution in [3.63, 3.8) is 0 Å². The number of thioether (sulfide) groups is 1. The van der Waals surface area contributed by atoms with Gasteiger partial charge in [-0.1, -0.05) is 72.4 Å². The Bertz CT molecular complexity index is 1140. The monoisotopic (exact) mass is 428 g/mol. The van der Waals surface area contributed by atoms with Crippen molar-refractivity contribution in [1.29, 1.82) is 0 Å². The number of carbonyl (C=O) groups is 1. The minimum Gasteiger partial charge on any atom is -0.345 e. The van der Waals surface area contributed by atoms with Gasteiger partial charge in [0.15, 0.2) is 5.16 Å². The molecule has 4 aromatic rings. The molecular weight excluding hydrogens is 404 g/mol. The maximum Gasteiger partial charge on any atom is 0.253 e. The predicted molar refractivity (Wildman–Crippen MR) is 125 cm³/mol. The molecule has 0 N–H and O–H groups in total. The highest BCUT2D eigenvalue weighted by Crippen LogP contribution is 2.26. The molecule has 0 fully saturated rings. The van der Waals surface area contributed by atoms with E-state index in [4.69, 9.17) is 0 Å². The second-order valence-electron chi connectivity index (χ2n) is 7.42. The summed E-state index contributed by atoms with van der Waals surface area (Å²) in [6.07, 6.45) is 0.713. The summed E-state index contributed by atoms with van der Waals surface area (Å²) in [6.45, 7) is 0. The molecule has 0 saturated carbocycles. The van der Waals surface area contributed by atoms with Crippen molar-refractivity contribution < 1.29 is 4.79 Å². The Morgan fingerprint density at radius 2 is 1.48 bits per heavy atom. The van der Waals surface area contributed by atoms with Crippen LogP contribution in [0.5, 0.6) is 0 Å². The van der Waals surface area contributed by atoms with Gasteiger partial charge in [-0.05, 0) is 35.4 Å². The van der Waals surface area contributed by atoms with Crippen molar-refractivity contribution in [2.75, 3.05) is 14.1 Å². The Labute approximate surface area is 186 Å². The molecule has 0 saturated heterocycles. The Kier molecular flexibility index (Phi) is 6.48. The number of hydrogen-bond donors (Lipinski definition) is 0. The summed E-state index contributed by atoms with van der Waals surface area (Å²) in [6, 6.07) is 28.3. The molecule has 156 valence electrons. The number of benzene rings is 3. The number of amides is 1. The van der Waals surface area contributed by atoms with E-state index in [2.05, 4.69) is 39.0 Å². The lowest BCUT2D eigenvalue weighted by Crippen LogP contribution is -2.21. The fourth-order valence-electron chi connectivity index (χ4n) is 3.27. The van der Waals surface area contributed by atoms with Gasteiger partial charge < -0.3 is 4.90 Å². The first-order valence-electron chi connectivity index (χ1n) is 10.1. The predicted octanol–water partition coefficient (Wildman–Crippen LogP) is 4.85. The van der Waals surface area contributed by atoms with Crippen molar-refractivity contribution in [3.05, 3.63) is 107 Å². The summed E-state index contributed by atoms with van der Waals surface area (Å²) in [5, 5.41) is 9.84. The van der Waals surface area contributed by atoms with Gasteiger partial charge >= 0.3 is 0 Å². The van der Waals surface area contributed by atoms with E-state index in [1.807, 2.05) is 60.7 Å². The second kappa shape index (κ2) is 9.62. The largest absolute Gasteiger partial charge is 0.345 e. The molecule has 4 rings (SSSR count). The van der Waals surface area contributed by atoms with E-state index in [1.54, 1.807) is 30.8 Å². The van der Waals surface area contributed by atoms with E-state index >= 15 is 0 Å². The lowest BCUT2D eigenvalue weighted by molar-refractivity contribution is 0.0827. The summed E-state index contributed by atoms with van der Waals surface area (Å²) in [7, 11) is 3.52. The molecule has 1 amide bonds. The van der Waals surface area contributed by atoms with E-state index in [9.17, 15) is 4.79 Å². The lowest BCUT2D eigenvalue weighted by atomic mass is 10.1. The van der Waals surface area contributed by atoms with Crippen LogP contribution >= 0.6 is 11.8 Å². The molecule has 6 heteroatoms. The van der Waals surface area contributed by atoms with E-state index in [0.717, 1.165) is 28.0 Å². The first-order chi connectivity index (χ1) is 15.1. The average molecular weight is 429 g/mol. The SMILES string of the molecule is CN(C)C(=O)c1ccc(CSc2nnc(Cc3ccccc3)n2-c2ccccc2)cc1. The number of nitrogens with zero attached hydrogens (tertiary/aromatic N) is 4. The van der Waals surface area contributed by atoms with Crippen LogP contribution in [0, 0.1) is 0 Å². The fourth-order valence-corrected chi connectivity index (χ4v) is 4.20. The van der Waals surface area contributed by atoms with Crippen LogP contribution in [0.25, 0.3) is 5.69 Å². The Hall–Kier alpha value is -3.38. The van der Waals surface area contributed by atoms with Crippen LogP contribution in [0.1, 0.15) is 27.3 Å². The molecule has 5 nitrogen and oxygen atoms in total. The molecule has 0 aliphatic heterocycles. The van der Waals surface area contributed by atoms with Crippen LogP contribution in [-0.2, 0) is 12.2 Å². The molecule has 1 heterocycles. The van der Waals surface area contributed by atoms with Gasteiger partial charge in [-0.15, -0.1) is 10.2 Å². The molecule has 0 bridgehead atoms. The Balaban J connectivity index is 1.56. The normalized spacial score (nSPS) is 10.8. The first-order valence-corrected chi connectivity index (χ1v) is 11.1. The highest BCUT2D eigenvalue weighted by molar-refractivity contribution is 7.98. The second-order valence-corrected chi connectivity index (χ2v) is 8.36. The maximum absolute atomic E-state index is 12.1. The Morgan fingerprint density at radius 1 is 0.839 bits per heavy atom. The summed E-state index contributed by atoms with van der Waals surface area (Å²) in [5.41, 5.74) is 4.07. The molecule has 0 aliphatic carbocycles. The van der Waals surface area contributed by atoms with Crippen LogP contribution in [-0.4, -0.2) is 39.7 Å². The van der Waals surface area contributed by atoms with Crippen molar-refractivity contribution >= 4 is 17.7 Å². The van der Waals surface area contributed by atoms with Gasteiger partial charge in [0, 0.05) is 37.5 Å². The van der Waals surface area contributed by atoms with Crippen LogP contribution in [0.3, 0.4) is 0 Å². The Morgan fingerprint density at radius 3 is 2.13 bits per heavy atom. The summed E-state index contributed by atoms with van der Waals surface area (Å²) < 4.78 is 2.13.